The van der Waals surface area contributed by atoms with Crippen LogP contribution in [0.25, 0.3) is 0 Å². The predicted molar refractivity (Wildman–Crippen MR) is 107 cm³/mol. The van der Waals surface area contributed by atoms with E-state index in [1.165, 1.54) is 23.1 Å². The summed E-state index contributed by atoms with van der Waals surface area (Å²) < 4.78 is 82.4. The predicted octanol–water partition coefficient (Wildman–Crippen LogP) is 4.36. The molecule has 0 unspecified atom stereocenters. The minimum atomic E-state index is -4.84. The van der Waals surface area contributed by atoms with Gasteiger partial charge < -0.3 is 9.64 Å². The third kappa shape index (κ3) is 5.87. The number of ether oxygens (including phenoxy) is 1. The average molecular weight is 460 g/mol. The molecule has 0 aliphatic carbocycles. The second-order valence-corrected chi connectivity index (χ2v) is 8.79. The first-order chi connectivity index (χ1) is 14.5. The van der Waals surface area contributed by atoms with Crippen molar-refractivity contribution in [3.8, 4) is 5.75 Å². The summed E-state index contributed by atoms with van der Waals surface area (Å²) in [6.07, 6.45) is -3.70. The zero-order valence-electron chi connectivity index (χ0n) is 16.5. The van der Waals surface area contributed by atoms with Gasteiger partial charge in [0.25, 0.3) is 0 Å². The highest BCUT2D eigenvalue weighted by molar-refractivity contribution is 7.91. The molecule has 1 amide bonds. The van der Waals surface area contributed by atoms with Crippen molar-refractivity contribution in [2.24, 2.45) is 0 Å². The second-order valence-electron chi connectivity index (χ2n) is 7.06. The van der Waals surface area contributed by atoms with E-state index in [-0.39, 0.29) is 29.3 Å². The van der Waals surface area contributed by atoms with Crippen LogP contribution in [0.4, 0.5) is 28.9 Å². The molecule has 2 aromatic carbocycles. The molecule has 2 aromatic rings. The highest BCUT2D eigenvalue weighted by atomic mass is 32.2. The quantitative estimate of drug-likeness (QED) is 0.624. The van der Waals surface area contributed by atoms with Crippen molar-refractivity contribution in [1.82, 2.24) is 0 Å². The van der Waals surface area contributed by atoms with Crippen molar-refractivity contribution in [1.29, 1.82) is 0 Å². The standard InChI is InChI=1S/C20H20F4N2O4S/c1-2-9-26-18(27)8-5-14-10-15(11-17(21)19(14)26)25-31(28,29)12-13-3-6-16(7-4-13)30-20(22,23)24/h3-4,6-7,10-11,25H,2,5,8-9,12H2,1H3. The third-order valence-electron chi connectivity index (χ3n) is 4.56. The van der Waals surface area contributed by atoms with Gasteiger partial charge in [0.15, 0.2) is 0 Å². The first kappa shape index (κ1) is 22.9. The van der Waals surface area contributed by atoms with E-state index in [4.69, 9.17) is 0 Å². The third-order valence-corrected chi connectivity index (χ3v) is 5.82. The zero-order chi connectivity index (χ0) is 22.8. The SMILES string of the molecule is CCCN1C(=O)CCc2cc(NS(=O)(=O)Cc3ccc(OC(F)(F)F)cc3)cc(F)c21. The average Bonchev–Trinajstić information content (AvgIpc) is 2.64. The zero-order valence-corrected chi connectivity index (χ0v) is 17.3. The number of hydrogen-bond acceptors (Lipinski definition) is 4. The molecule has 0 saturated carbocycles. The summed E-state index contributed by atoms with van der Waals surface area (Å²) in [7, 11) is -3.97. The lowest BCUT2D eigenvalue weighted by Gasteiger charge is -2.30. The van der Waals surface area contributed by atoms with E-state index in [0.717, 1.165) is 18.2 Å². The maximum Gasteiger partial charge on any atom is 0.573 e. The lowest BCUT2D eigenvalue weighted by Crippen LogP contribution is -2.36. The Morgan fingerprint density at radius 3 is 2.42 bits per heavy atom. The topological polar surface area (TPSA) is 75.7 Å². The van der Waals surface area contributed by atoms with Crippen LogP contribution in [0, 0.1) is 5.82 Å². The molecule has 31 heavy (non-hydrogen) atoms. The summed E-state index contributed by atoms with van der Waals surface area (Å²) in [4.78, 5) is 13.5. The monoisotopic (exact) mass is 460 g/mol. The lowest BCUT2D eigenvalue weighted by molar-refractivity contribution is -0.274. The molecule has 168 valence electrons. The van der Waals surface area contributed by atoms with Gasteiger partial charge in [0, 0.05) is 19.0 Å². The van der Waals surface area contributed by atoms with Gasteiger partial charge in [0.2, 0.25) is 15.9 Å². The second kappa shape index (κ2) is 8.74. The summed E-state index contributed by atoms with van der Waals surface area (Å²) in [6.45, 7) is 2.23. The molecule has 1 heterocycles. The normalized spacial score (nSPS) is 14.4. The molecule has 3 rings (SSSR count). The number of rotatable bonds is 7. The lowest BCUT2D eigenvalue weighted by atomic mass is 10.00. The Balaban J connectivity index is 1.76. The Hall–Kier alpha value is -2.82. The summed E-state index contributed by atoms with van der Waals surface area (Å²) in [5, 5.41) is 0. The van der Waals surface area contributed by atoms with Crippen LogP contribution in [0.3, 0.4) is 0 Å². The number of benzene rings is 2. The summed E-state index contributed by atoms with van der Waals surface area (Å²) in [6, 6.07) is 6.92. The van der Waals surface area contributed by atoms with Crippen LogP contribution in [-0.4, -0.2) is 27.2 Å². The van der Waals surface area contributed by atoms with E-state index in [2.05, 4.69) is 9.46 Å². The van der Waals surface area contributed by atoms with Gasteiger partial charge in [-0.3, -0.25) is 9.52 Å². The smallest absolute Gasteiger partial charge is 0.406 e. The minimum Gasteiger partial charge on any atom is -0.406 e. The van der Waals surface area contributed by atoms with E-state index in [1.54, 1.807) is 0 Å². The molecule has 0 spiro atoms. The first-order valence-corrected chi connectivity index (χ1v) is 11.1. The molecular weight excluding hydrogens is 440 g/mol. The maximum absolute atomic E-state index is 14.7. The van der Waals surface area contributed by atoms with Crippen molar-refractivity contribution < 1.29 is 35.5 Å². The fraction of sp³-hybridized carbons (Fsp3) is 0.350. The van der Waals surface area contributed by atoms with E-state index in [1.807, 2.05) is 6.92 Å². The Labute approximate surface area is 176 Å². The van der Waals surface area contributed by atoms with Crippen molar-refractivity contribution in [3.63, 3.8) is 0 Å². The number of nitrogens with zero attached hydrogens (tertiary/aromatic N) is 1. The van der Waals surface area contributed by atoms with Crippen molar-refractivity contribution in [2.75, 3.05) is 16.2 Å². The Morgan fingerprint density at radius 2 is 1.81 bits per heavy atom. The van der Waals surface area contributed by atoms with Gasteiger partial charge in [0.05, 0.1) is 17.1 Å². The van der Waals surface area contributed by atoms with Gasteiger partial charge in [-0.15, -0.1) is 13.2 Å². The van der Waals surface area contributed by atoms with E-state index in [9.17, 15) is 30.8 Å². The van der Waals surface area contributed by atoms with Crippen LogP contribution in [0.5, 0.6) is 5.75 Å². The van der Waals surface area contributed by atoms with E-state index in [0.29, 0.717) is 24.9 Å². The number of nitrogens with one attached hydrogen (secondary N) is 1. The number of carbonyl (C=O) groups is 1. The molecular formula is C20H20F4N2O4S. The van der Waals surface area contributed by atoms with Gasteiger partial charge >= 0.3 is 6.36 Å². The fourth-order valence-corrected chi connectivity index (χ4v) is 4.57. The largest absolute Gasteiger partial charge is 0.573 e. The van der Waals surface area contributed by atoms with Crippen LogP contribution < -0.4 is 14.4 Å². The molecule has 1 aliphatic rings. The van der Waals surface area contributed by atoms with Crippen LogP contribution in [0.1, 0.15) is 30.9 Å². The van der Waals surface area contributed by atoms with Gasteiger partial charge in [0.1, 0.15) is 11.6 Å². The molecule has 0 bridgehead atoms. The summed E-state index contributed by atoms with van der Waals surface area (Å²) in [5.41, 5.74) is 0.931. The molecule has 0 radical (unpaired) electrons. The molecule has 1 aliphatic heterocycles. The number of aryl methyl sites for hydroxylation is 1. The van der Waals surface area contributed by atoms with Crippen LogP contribution >= 0.6 is 0 Å². The Bertz CT molecular complexity index is 1070. The van der Waals surface area contributed by atoms with E-state index >= 15 is 0 Å². The maximum atomic E-state index is 14.7. The van der Waals surface area contributed by atoms with Crippen LogP contribution in [0.15, 0.2) is 36.4 Å². The summed E-state index contributed by atoms with van der Waals surface area (Å²) in [5.74, 6) is -1.88. The first-order valence-electron chi connectivity index (χ1n) is 9.45. The highest BCUT2D eigenvalue weighted by Gasteiger charge is 2.31. The summed E-state index contributed by atoms with van der Waals surface area (Å²) >= 11 is 0. The van der Waals surface area contributed by atoms with Crippen LogP contribution in [-0.2, 0) is 27.0 Å². The number of alkyl halides is 3. The number of fused-ring (bicyclic) bond motifs is 1. The highest BCUT2D eigenvalue weighted by Crippen LogP contribution is 2.34. The molecule has 0 atom stereocenters. The van der Waals surface area contributed by atoms with Crippen molar-refractivity contribution >= 4 is 27.3 Å². The van der Waals surface area contributed by atoms with Crippen LogP contribution in [0.2, 0.25) is 0 Å². The van der Waals surface area contributed by atoms with Crippen molar-refractivity contribution in [3.05, 3.63) is 53.3 Å². The Morgan fingerprint density at radius 1 is 1.13 bits per heavy atom. The fourth-order valence-electron chi connectivity index (χ4n) is 3.39. The molecule has 6 nitrogen and oxygen atoms in total. The molecule has 0 fully saturated rings. The minimum absolute atomic E-state index is 0.0130. The molecule has 11 heteroatoms. The van der Waals surface area contributed by atoms with Crippen molar-refractivity contribution in [2.45, 2.75) is 38.3 Å². The number of carbonyl (C=O) groups excluding carboxylic acids is 1. The Kier molecular flexibility index (Phi) is 6.44. The number of anilines is 2. The van der Waals surface area contributed by atoms with Gasteiger partial charge in [-0.1, -0.05) is 19.1 Å². The number of halogens is 4. The number of sulfonamides is 1. The number of hydrogen-bond donors (Lipinski definition) is 1. The molecule has 0 aromatic heterocycles. The van der Waals surface area contributed by atoms with E-state index < -0.39 is 33.7 Å². The molecule has 1 N–H and O–H groups in total. The number of amides is 1. The van der Waals surface area contributed by atoms with Gasteiger partial charge in [-0.05, 0) is 42.2 Å². The van der Waals surface area contributed by atoms with Gasteiger partial charge in [-0.25, -0.2) is 12.8 Å². The molecule has 0 saturated heterocycles. The van der Waals surface area contributed by atoms with Gasteiger partial charge in [-0.2, -0.15) is 0 Å².